The topological polar surface area (TPSA) is 56.6 Å². The van der Waals surface area contributed by atoms with Gasteiger partial charge in [-0.15, -0.1) is 0 Å². The van der Waals surface area contributed by atoms with Crippen LogP contribution in [0.5, 0.6) is 5.75 Å². The number of pyridine rings is 1. The molecule has 17 heavy (non-hydrogen) atoms. The Kier molecular flexibility index (Phi) is 5.94. The van der Waals surface area contributed by atoms with Gasteiger partial charge in [-0.1, -0.05) is 13.3 Å². The summed E-state index contributed by atoms with van der Waals surface area (Å²) >= 11 is 0. The molecule has 0 saturated heterocycles. The van der Waals surface area contributed by atoms with Crippen molar-refractivity contribution in [2.24, 2.45) is 0 Å². The minimum absolute atomic E-state index is 0.135. The lowest BCUT2D eigenvalue weighted by atomic mass is 10.2. The van der Waals surface area contributed by atoms with Gasteiger partial charge in [-0.25, -0.2) is 0 Å². The predicted molar refractivity (Wildman–Crippen MR) is 67.9 cm³/mol. The first-order valence-electron chi connectivity index (χ1n) is 6.16. The van der Waals surface area contributed by atoms with Gasteiger partial charge in [-0.05, 0) is 32.0 Å². The Morgan fingerprint density at radius 2 is 2.06 bits per heavy atom. The van der Waals surface area contributed by atoms with Gasteiger partial charge in [-0.2, -0.15) is 0 Å². The van der Waals surface area contributed by atoms with E-state index in [1.165, 1.54) is 0 Å². The molecule has 1 heterocycles. The first-order chi connectivity index (χ1) is 8.17. The molecule has 0 radical (unpaired) electrons. The van der Waals surface area contributed by atoms with E-state index in [1.54, 1.807) is 12.1 Å². The zero-order chi connectivity index (χ0) is 12.7. The van der Waals surface area contributed by atoms with Gasteiger partial charge in [0.15, 0.2) is 0 Å². The normalized spacial score (nSPS) is 11.1. The third-order valence-corrected chi connectivity index (χ3v) is 2.71. The summed E-state index contributed by atoms with van der Waals surface area (Å²) < 4.78 is 0. The van der Waals surface area contributed by atoms with Crippen molar-refractivity contribution < 1.29 is 10.2 Å². The van der Waals surface area contributed by atoms with Crippen molar-refractivity contribution in [3.63, 3.8) is 0 Å². The second-order valence-electron chi connectivity index (χ2n) is 4.27. The number of rotatable bonds is 7. The number of aliphatic hydroxyl groups is 1. The quantitative estimate of drug-likeness (QED) is 0.759. The summed E-state index contributed by atoms with van der Waals surface area (Å²) in [6.07, 6.45) is 2.21. The smallest absolute Gasteiger partial charge is 0.138 e. The molecule has 0 atom stereocenters. The summed E-state index contributed by atoms with van der Waals surface area (Å²) in [5, 5.41) is 18.7. The van der Waals surface area contributed by atoms with Gasteiger partial charge in [-0.3, -0.25) is 9.88 Å². The van der Waals surface area contributed by atoms with Crippen LogP contribution in [0, 0.1) is 6.92 Å². The summed E-state index contributed by atoms with van der Waals surface area (Å²) in [4.78, 5) is 6.45. The Morgan fingerprint density at radius 3 is 2.71 bits per heavy atom. The molecule has 96 valence electrons. The molecule has 0 fully saturated rings. The van der Waals surface area contributed by atoms with Crippen LogP contribution in [0.3, 0.4) is 0 Å². The number of unbranched alkanes of at least 4 members (excludes halogenated alkanes) is 1. The number of aromatic hydroxyl groups is 1. The maximum atomic E-state index is 9.73. The molecule has 0 aliphatic carbocycles. The number of aromatic nitrogens is 1. The van der Waals surface area contributed by atoms with Crippen LogP contribution in [0.2, 0.25) is 0 Å². The highest BCUT2D eigenvalue weighted by molar-refractivity contribution is 5.27. The standard InChI is InChI=1S/C13H22N2O2/c1-3-4-7-15(8-9-16)10-12-13(17)6-5-11(2)14-12/h5-6,16-17H,3-4,7-10H2,1-2H3. The van der Waals surface area contributed by atoms with E-state index in [-0.39, 0.29) is 12.4 Å². The molecule has 1 aromatic heterocycles. The van der Waals surface area contributed by atoms with Crippen LogP contribution < -0.4 is 0 Å². The van der Waals surface area contributed by atoms with E-state index in [0.717, 1.165) is 25.1 Å². The van der Waals surface area contributed by atoms with Gasteiger partial charge in [0.2, 0.25) is 0 Å². The summed E-state index contributed by atoms with van der Waals surface area (Å²) in [6, 6.07) is 3.47. The molecule has 2 N–H and O–H groups in total. The number of aliphatic hydroxyl groups excluding tert-OH is 1. The lowest BCUT2D eigenvalue weighted by molar-refractivity contribution is 0.185. The van der Waals surface area contributed by atoms with Gasteiger partial charge in [0.25, 0.3) is 0 Å². The molecular weight excluding hydrogens is 216 g/mol. The fourth-order valence-corrected chi connectivity index (χ4v) is 1.72. The monoisotopic (exact) mass is 238 g/mol. The van der Waals surface area contributed by atoms with E-state index in [4.69, 9.17) is 5.11 Å². The van der Waals surface area contributed by atoms with Crippen molar-refractivity contribution in [2.75, 3.05) is 19.7 Å². The van der Waals surface area contributed by atoms with Crippen LogP contribution in [0.15, 0.2) is 12.1 Å². The number of aryl methyl sites for hydroxylation is 1. The highest BCUT2D eigenvalue weighted by Crippen LogP contribution is 2.16. The molecule has 0 aromatic carbocycles. The maximum absolute atomic E-state index is 9.73. The Hall–Kier alpha value is -1.13. The molecule has 0 aliphatic rings. The fourth-order valence-electron chi connectivity index (χ4n) is 1.72. The average Bonchev–Trinajstić information content (AvgIpc) is 2.31. The molecule has 0 spiro atoms. The molecule has 0 amide bonds. The van der Waals surface area contributed by atoms with E-state index < -0.39 is 0 Å². The SMILES string of the molecule is CCCCN(CCO)Cc1nc(C)ccc1O. The van der Waals surface area contributed by atoms with Crippen molar-refractivity contribution in [3.8, 4) is 5.75 Å². The van der Waals surface area contributed by atoms with Gasteiger partial charge >= 0.3 is 0 Å². The van der Waals surface area contributed by atoms with Crippen molar-refractivity contribution >= 4 is 0 Å². The maximum Gasteiger partial charge on any atom is 0.138 e. The Morgan fingerprint density at radius 1 is 1.29 bits per heavy atom. The van der Waals surface area contributed by atoms with E-state index in [9.17, 15) is 5.11 Å². The van der Waals surface area contributed by atoms with Crippen molar-refractivity contribution in [3.05, 3.63) is 23.5 Å². The Balaban J connectivity index is 2.67. The summed E-state index contributed by atoms with van der Waals surface area (Å²) in [6.45, 7) is 6.32. The van der Waals surface area contributed by atoms with Gasteiger partial charge in [0.05, 0.1) is 12.3 Å². The van der Waals surface area contributed by atoms with Gasteiger partial charge < -0.3 is 10.2 Å². The molecule has 0 saturated carbocycles. The van der Waals surface area contributed by atoms with Crippen molar-refractivity contribution in [2.45, 2.75) is 33.2 Å². The summed E-state index contributed by atoms with van der Waals surface area (Å²) in [7, 11) is 0. The molecule has 4 heteroatoms. The number of hydrogen-bond donors (Lipinski definition) is 2. The molecular formula is C13H22N2O2. The molecule has 0 bridgehead atoms. The summed E-state index contributed by atoms with van der Waals surface area (Å²) in [5.74, 6) is 0.232. The van der Waals surface area contributed by atoms with Gasteiger partial charge in [0.1, 0.15) is 5.75 Å². The van der Waals surface area contributed by atoms with Crippen LogP contribution in [0.4, 0.5) is 0 Å². The second kappa shape index (κ2) is 7.25. The van der Waals surface area contributed by atoms with Gasteiger partial charge in [0, 0.05) is 18.8 Å². The molecule has 1 rings (SSSR count). The van der Waals surface area contributed by atoms with E-state index in [2.05, 4.69) is 16.8 Å². The predicted octanol–water partition coefficient (Wildman–Crippen LogP) is 1.69. The number of hydrogen-bond acceptors (Lipinski definition) is 4. The van der Waals surface area contributed by atoms with Crippen molar-refractivity contribution in [1.82, 2.24) is 9.88 Å². The van der Waals surface area contributed by atoms with Crippen LogP contribution in [-0.2, 0) is 6.54 Å². The lowest BCUT2D eigenvalue weighted by Crippen LogP contribution is -2.28. The highest BCUT2D eigenvalue weighted by Gasteiger charge is 2.09. The Labute approximate surface area is 103 Å². The first kappa shape index (κ1) is 13.9. The van der Waals surface area contributed by atoms with Crippen molar-refractivity contribution in [1.29, 1.82) is 0 Å². The Bertz CT molecular complexity index is 342. The van der Waals surface area contributed by atoms with E-state index in [1.807, 2.05) is 6.92 Å². The average molecular weight is 238 g/mol. The van der Waals surface area contributed by atoms with Crippen LogP contribution in [-0.4, -0.2) is 39.8 Å². The fraction of sp³-hybridized carbons (Fsp3) is 0.615. The van der Waals surface area contributed by atoms with E-state index in [0.29, 0.717) is 18.8 Å². The second-order valence-corrected chi connectivity index (χ2v) is 4.27. The molecule has 1 aromatic rings. The number of nitrogens with zero attached hydrogens (tertiary/aromatic N) is 2. The highest BCUT2D eigenvalue weighted by atomic mass is 16.3. The molecule has 4 nitrogen and oxygen atoms in total. The minimum atomic E-state index is 0.135. The van der Waals surface area contributed by atoms with Crippen LogP contribution in [0.1, 0.15) is 31.2 Å². The zero-order valence-corrected chi connectivity index (χ0v) is 10.7. The lowest BCUT2D eigenvalue weighted by Gasteiger charge is -2.21. The van der Waals surface area contributed by atoms with Crippen LogP contribution >= 0.6 is 0 Å². The summed E-state index contributed by atoms with van der Waals surface area (Å²) in [5.41, 5.74) is 1.59. The molecule has 0 unspecified atom stereocenters. The first-order valence-corrected chi connectivity index (χ1v) is 6.16. The van der Waals surface area contributed by atoms with E-state index >= 15 is 0 Å². The minimum Gasteiger partial charge on any atom is -0.506 e. The zero-order valence-electron chi connectivity index (χ0n) is 10.7. The third kappa shape index (κ3) is 4.71. The molecule has 0 aliphatic heterocycles. The largest absolute Gasteiger partial charge is 0.506 e. The third-order valence-electron chi connectivity index (χ3n) is 2.71. The van der Waals surface area contributed by atoms with Crippen LogP contribution in [0.25, 0.3) is 0 Å².